The molecule has 0 aliphatic heterocycles. The molecular weight excluding hydrogens is 432 g/mol. The first kappa shape index (κ1) is 22.3. The molecule has 2 aromatic rings. The molecule has 1 aromatic heterocycles. The summed E-state index contributed by atoms with van der Waals surface area (Å²) in [5.41, 5.74) is 0.334. The fourth-order valence-corrected chi connectivity index (χ4v) is 3.56. The quantitative estimate of drug-likeness (QED) is 0.663. The Hall–Kier alpha value is -2.38. The first-order chi connectivity index (χ1) is 14.4. The first-order valence-corrected chi connectivity index (χ1v) is 10.4. The number of hydrogen-bond acceptors (Lipinski definition) is 4. The fourth-order valence-electron chi connectivity index (χ4n) is 3.33. The summed E-state index contributed by atoms with van der Waals surface area (Å²) in [5, 5.41) is 6.32. The number of carbonyl (C=O) groups excluding carboxylic acids is 2. The fraction of sp³-hybridized carbons (Fsp3) is 0.381. The summed E-state index contributed by atoms with van der Waals surface area (Å²) in [7, 11) is 0. The molecule has 2 N–H and O–H groups in total. The second-order valence-corrected chi connectivity index (χ2v) is 8.07. The second-order valence-electron chi connectivity index (χ2n) is 7.22. The molecule has 3 rings (SSSR count). The van der Waals surface area contributed by atoms with Crippen molar-refractivity contribution in [3.05, 3.63) is 58.1 Å². The predicted octanol–water partition coefficient (Wildman–Crippen LogP) is 4.01. The lowest BCUT2D eigenvalue weighted by Gasteiger charge is -2.29. The van der Waals surface area contributed by atoms with Gasteiger partial charge in [-0.1, -0.05) is 23.2 Å². The minimum Gasteiger partial charge on any atom is -0.484 e. The van der Waals surface area contributed by atoms with E-state index in [2.05, 4.69) is 15.6 Å². The maximum atomic E-state index is 13.4. The molecule has 1 heterocycles. The zero-order valence-corrected chi connectivity index (χ0v) is 17.7. The number of hydrogen-bond donors (Lipinski definition) is 2. The van der Waals surface area contributed by atoms with Crippen molar-refractivity contribution in [3.63, 3.8) is 0 Å². The van der Waals surface area contributed by atoms with Crippen molar-refractivity contribution in [1.82, 2.24) is 15.6 Å². The van der Waals surface area contributed by atoms with Gasteiger partial charge in [0.15, 0.2) is 6.61 Å². The van der Waals surface area contributed by atoms with Gasteiger partial charge in [0, 0.05) is 24.8 Å². The Morgan fingerprint density at radius 1 is 1.13 bits per heavy atom. The molecule has 0 radical (unpaired) electrons. The number of nitrogens with zero attached hydrogens (tertiary/aromatic N) is 1. The number of aromatic nitrogens is 1. The van der Waals surface area contributed by atoms with Crippen LogP contribution < -0.4 is 15.4 Å². The van der Waals surface area contributed by atoms with Gasteiger partial charge in [0.25, 0.3) is 11.8 Å². The summed E-state index contributed by atoms with van der Waals surface area (Å²) >= 11 is 11.4. The molecule has 160 valence electrons. The Morgan fingerprint density at radius 2 is 1.90 bits per heavy atom. The molecule has 6 nitrogen and oxygen atoms in total. The number of ether oxygens (including phenoxy) is 1. The molecule has 0 spiro atoms. The van der Waals surface area contributed by atoms with Crippen LogP contribution in [0.4, 0.5) is 4.39 Å². The third kappa shape index (κ3) is 6.57. The summed E-state index contributed by atoms with van der Waals surface area (Å²) in [6.45, 7) is 0.375. The van der Waals surface area contributed by atoms with Gasteiger partial charge in [0.2, 0.25) is 0 Å². The summed E-state index contributed by atoms with van der Waals surface area (Å²) < 4.78 is 18.7. The number of rotatable bonds is 7. The SMILES string of the molecule is O=C(COc1ccc(Cl)c(F)c1)NC1CCC(CNC(=O)c2ccc(Cl)cn2)CC1. The van der Waals surface area contributed by atoms with Crippen molar-refractivity contribution in [1.29, 1.82) is 0 Å². The summed E-state index contributed by atoms with van der Waals surface area (Å²) in [6, 6.07) is 7.32. The minimum absolute atomic E-state index is 0.00387. The molecular formula is C21H22Cl2FN3O3. The number of pyridine rings is 1. The Kier molecular flexibility index (Phi) is 7.87. The Bertz CT molecular complexity index is 888. The van der Waals surface area contributed by atoms with Crippen LogP contribution in [0.1, 0.15) is 36.2 Å². The smallest absolute Gasteiger partial charge is 0.269 e. The van der Waals surface area contributed by atoms with Crippen LogP contribution in [0.15, 0.2) is 36.5 Å². The highest BCUT2D eigenvalue weighted by atomic mass is 35.5. The number of carbonyl (C=O) groups is 2. The highest BCUT2D eigenvalue weighted by Crippen LogP contribution is 2.24. The van der Waals surface area contributed by atoms with Gasteiger partial charge < -0.3 is 15.4 Å². The van der Waals surface area contributed by atoms with Gasteiger partial charge >= 0.3 is 0 Å². The molecule has 0 bridgehead atoms. The summed E-state index contributed by atoms with van der Waals surface area (Å²) in [4.78, 5) is 28.2. The molecule has 9 heteroatoms. The number of amides is 2. The second kappa shape index (κ2) is 10.6. The maximum absolute atomic E-state index is 13.4. The van der Waals surface area contributed by atoms with Crippen molar-refractivity contribution in [2.45, 2.75) is 31.7 Å². The van der Waals surface area contributed by atoms with Crippen LogP contribution in [-0.2, 0) is 4.79 Å². The van der Waals surface area contributed by atoms with Crippen LogP contribution >= 0.6 is 23.2 Å². The van der Waals surface area contributed by atoms with Gasteiger partial charge in [0.05, 0.1) is 10.0 Å². The van der Waals surface area contributed by atoms with Crippen LogP contribution in [0.2, 0.25) is 10.0 Å². The highest BCUT2D eigenvalue weighted by Gasteiger charge is 2.23. The standard InChI is InChI=1S/C21H22Cl2FN3O3/c22-14-3-8-19(25-11-14)21(29)26-10-13-1-4-15(5-2-13)27-20(28)12-30-16-6-7-17(23)18(24)9-16/h3,6-9,11,13,15H,1-2,4-5,10,12H2,(H,26,29)(H,27,28). The molecule has 1 saturated carbocycles. The average Bonchev–Trinajstić information content (AvgIpc) is 2.74. The van der Waals surface area contributed by atoms with Crippen LogP contribution in [-0.4, -0.2) is 36.0 Å². The molecule has 1 aliphatic carbocycles. The third-order valence-corrected chi connectivity index (χ3v) is 5.51. The largest absolute Gasteiger partial charge is 0.484 e. The van der Waals surface area contributed by atoms with Crippen LogP contribution in [0.25, 0.3) is 0 Å². The van der Waals surface area contributed by atoms with Crippen molar-refractivity contribution in [2.75, 3.05) is 13.2 Å². The lowest BCUT2D eigenvalue weighted by atomic mass is 9.86. The number of halogens is 3. The average molecular weight is 454 g/mol. The van der Waals surface area contributed by atoms with E-state index in [1.165, 1.54) is 18.3 Å². The van der Waals surface area contributed by atoms with Crippen LogP contribution in [0.5, 0.6) is 5.75 Å². The van der Waals surface area contributed by atoms with Crippen LogP contribution in [0, 0.1) is 11.7 Å². The number of nitrogens with one attached hydrogen (secondary N) is 2. The lowest BCUT2D eigenvalue weighted by molar-refractivity contribution is -0.124. The van der Waals surface area contributed by atoms with E-state index in [1.807, 2.05) is 0 Å². The Morgan fingerprint density at radius 3 is 2.57 bits per heavy atom. The van der Waals surface area contributed by atoms with Gasteiger partial charge in [-0.15, -0.1) is 0 Å². The van der Waals surface area contributed by atoms with Gasteiger partial charge in [-0.2, -0.15) is 0 Å². The topological polar surface area (TPSA) is 80.3 Å². The van der Waals surface area contributed by atoms with E-state index in [4.69, 9.17) is 27.9 Å². The van der Waals surface area contributed by atoms with Crippen LogP contribution in [0.3, 0.4) is 0 Å². The highest BCUT2D eigenvalue weighted by molar-refractivity contribution is 6.30. The van der Waals surface area contributed by atoms with Gasteiger partial charge in [-0.25, -0.2) is 9.37 Å². The van der Waals surface area contributed by atoms with Gasteiger partial charge in [-0.3, -0.25) is 9.59 Å². The van der Waals surface area contributed by atoms with E-state index < -0.39 is 5.82 Å². The molecule has 0 unspecified atom stereocenters. The molecule has 0 atom stereocenters. The van der Waals surface area contributed by atoms with Crippen molar-refractivity contribution in [2.24, 2.45) is 5.92 Å². The van der Waals surface area contributed by atoms with E-state index >= 15 is 0 Å². The van der Waals surface area contributed by atoms with Crippen molar-refractivity contribution >= 4 is 35.0 Å². The van der Waals surface area contributed by atoms with E-state index in [-0.39, 0.29) is 35.2 Å². The van der Waals surface area contributed by atoms with Gasteiger partial charge in [-0.05, 0) is 55.9 Å². The summed E-state index contributed by atoms with van der Waals surface area (Å²) in [5.74, 6) is -0.468. The molecule has 1 fully saturated rings. The predicted molar refractivity (Wildman–Crippen MR) is 112 cm³/mol. The first-order valence-electron chi connectivity index (χ1n) is 9.67. The molecule has 0 saturated heterocycles. The number of benzene rings is 1. The lowest BCUT2D eigenvalue weighted by Crippen LogP contribution is -2.41. The molecule has 1 aromatic carbocycles. The Labute approximate surface area is 184 Å². The zero-order valence-electron chi connectivity index (χ0n) is 16.2. The van der Waals surface area contributed by atoms with E-state index in [1.54, 1.807) is 12.1 Å². The minimum atomic E-state index is -0.591. The zero-order chi connectivity index (χ0) is 21.5. The molecule has 2 amide bonds. The van der Waals surface area contributed by atoms with E-state index in [0.29, 0.717) is 23.2 Å². The summed E-state index contributed by atoms with van der Waals surface area (Å²) in [6.07, 6.45) is 4.87. The van der Waals surface area contributed by atoms with Crippen molar-refractivity contribution < 1.29 is 18.7 Å². The van der Waals surface area contributed by atoms with E-state index in [9.17, 15) is 14.0 Å². The Balaban J connectivity index is 1.34. The normalized spacial score (nSPS) is 18.5. The van der Waals surface area contributed by atoms with Gasteiger partial charge in [0.1, 0.15) is 17.3 Å². The van der Waals surface area contributed by atoms with E-state index in [0.717, 1.165) is 31.7 Å². The van der Waals surface area contributed by atoms with Crippen molar-refractivity contribution in [3.8, 4) is 5.75 Å². The molecule has 1 aliphatic rings. The maximum Gasteiger partial charge on any atom is 0.269 e. The molecule has 30 heavy (non-hydrogen) atoms. The monoisotopic (exact) mass is 453 g/mol. The third-order valence-electron chi connectivity index (χ3n) is 4.98.